The van der Waals surface area contributed by atoms with E-state index in [1.807, 2.05) is 6.07 Å². The minimum absolute atomic E-state index is 0.354. The summed E-state index contributed by atoms with van der Waals surface area (Å²) < 4.78 is 5.35. The Bertz CT molecular complexity index is 592. The Hall–Kier alpha value is -1.92. The lowest BCUT2D eigenvalue weighted by molar-refractivity contribution is 0.0879. The molecule has 6 heteroatoms. The number of morpholine rings is 1. The molecule has 2 amide bonds. The fraction of sp³-hybridized carbons (Fsp3) is 0.467. The number of carbonyl (C=O) groups excluding carboxylic acids is 2. The van der Waals surface area contributed by atoms with Crippen LogP contribution in [0.3, 0.4) is 0 Å². The van der Waals surface area contributed by atoms with Crippen LogP contribution < -0.4 is 10.2 Å². The van der Waals surface area contributed by atoms with Crippen molar-refractivity contribution in [2.24, 2.45) is 0 Å². The van der Waals surface area contributed by atoms with Crippen LogP contribution in [0.1, 0.15) is 33.2 Å². The predicted molar refractivity (Wildman–Crippen MR) is 76.7 cm³/mol. The van der Waals surface area contributed by atoms with Gasteiger partial charge in [-0.05, 0) is 18.6 Å². The van der Waals surface area contributed by atoms with Crippen molar-refractivity contribution in [1.29, 1.82) is 0 Å². The summed E-state index contributed by atoms with van der Waals surface area (Å²) in [6.07, 6.45) is -0.0652. The number of imide groups is 1. The van der Waals surface area contributed by atoms with Crippen LogP contribution in [0.2, 0.25) is 0 Å². The number of hydrogen-bond acceptors (Lipinski definition) is 5. The van der Waals surface area contributed by atoms with Crippen LogP contribution in [0.4, 0.5) is 5.69 Å². The quantitative estimate of drug-likeness (QED) is 0.784. The molecule has 112 valence electrons. The molecule has 21 heavy (non-hydrogen) atoms. The number of rotatable bonds is 3. The van der Waals surface area contributed by atoms with E-state index in [9.17, 15) is 14.7 Å². The van der Waals surface area contributed by atoms with Crippen molar-refractivity contribution in [1.82, 2.24) is 5.32 Å². The van der Waals surface area contributed by atoms with E-state index in [0.29, 0.717) is 43.9 Å². The number of amides is 2. The number of fused-ring (bicyclic) bond motifs is 1. The Morgan fingerprint density at radius 3 is 2.67 bits per heavy atom. The lowest BCUT2D eigenvalue weighted by atomic mass is 9.97. The number of aliphatic hydroxyl groups excluding tert-OH is 1. The molecular weight excluding hydrogens is 272 g/mol. The monoisotopic (exact) mass is 290 g/mol. The van der Waals surface area contributed by atoms with Gasteiger partial charge in [-0.15, -0.1) is 0 Å². The van der Waals surface area contributed by atoms with Crippen LogP contribution in [0.25, 0.3) is 0 Å². The van der Waals surface area contributed by atoms with Crippen LogP contribution in [0.15, 0.2) is 12.1 Å². The first-order chi connectivity index (χ1) is 10.1. The van der Waals surface area contributed by atoms with Gasteiger partial charge in [0.2, 0.25) is 0 Å². The molecular formula is C15H18N2O4. The average molecular weight is 290 g/mol. The van der Waals surface area contributed by atoms with Crippen LogP contribution in [0.5, 0.6) is 0 Å². The highest BCUT2D eigenvalue weighted by molar-refractivity contribution is 6.24. The van der Waals surface area contributed by atoms with E-state index in [1.54, 1.807) is 13.0 Å². The Morgan fingerprint density at radius 2 is 2.00 bits per heavy atom. The summed E-state index contributed by atoms with van der Waals surface area (Å²) in [5.74, 6) is -0.711. The summed E-state index contributed by atoms with van der Waals surface area (Å²) in [4.78, 5) is 26.0. The highest BCUT2D eigenvalue weighted by Crippen LogP contribution is 2.33. The minimum Gasteiger partial charge on any atom is -0.393 e. The summed E-state index contributed by atoms with van der Waals surface area (Å²) in [6, 6.07) is 3.49. The number of anilines is 1. The van der Waals surface area contributed by atoms with Crippen LogP contribution in [0, 0.1) is 0 Å². The highest BCUT2D eigenvalue weighted by atomic mass is 16.5. The second kappa shape index (κ2) is 5.46. The molecule has 0 aliphatic carbocycles. The molecule has 0 saturated carbocycles. The number of benzene rings is 1. The smallest absolute Gasteiger partial charge is 0.261 e. The van der Waals surface area contributed by atoms with Crippen LogP contribution in [-0.4, -0.2) is 49.3 Å². The molecule has 2 heterocycles. The van der Waals surface area contributed by atoms with Gasteiger partial charge in [0.25, 0.3) is 11.8 Å². The van der Waals surface area contributed by atoms with E-state index in [2.05, 4.69) is 10.2 Å². The van der Waals surface area contributed by atoms with Crippen molar-refractivity contribution >= 4 is 17.5 Å². The highest BCUT2D eigenvalue weighted by Gasteiger charge is 2.33. The predicted octanol–water partition coefficient (Wildman–Crippen LogP) is 0.330. The maximum Gasteiger partial charge on any atom is 0.261 e. The number of nitrogens with one attached hydrogen (secondary N) is 1. The summed E-state index contributed by atoms with van der Waals surface area (Å²) in [5.41, 5.74) is 2.49. The molecule has 1 fully saturated rings. The Balaban J connectivity index is 2.12. The Kier molecular flexibility index (Phi) is 3.65. The molecule has 6 nitrogen and oxygen atoms in total. The van der Waals surface area contributed by atoms with Crippen LogP contribution >= 0.6 is 0 Å². The molecule has 3 rings (SSSR count). The van der Waals surface area contributed by atoms with Gasteiger partial charge >= 0.3 is 0 Å². The van der Waals surface area contributed by atoms with Crippen molar-refractivity contribution in [3.63, 3.8) is 0 Å². The first-order valence-electron chi connectivity index (χ1n) is 7.10. The van der Waals surface area contributed by atoms with Gasteiger partial charge in [-0.3, -0.25) is 14.9 Å². The molecule has 1 saturated heterocycles. The van der Waals surface area contributed by atoms with Gasteiger partial charge < -0.3 is 14.7 Å². The second-order valence-corrected chi connectivity index (χ2v) is 5.43. The summed E-state index contributed by atoms with van der Waals surface area (Å²) in [5, 5.41) is 12.0. The molecule has 1 unspecified atom stereocenters. The van der Waals surface area contributed by atoms with E-state index < -0.39 is 6.10 Å². The van der Waals surface area contributed by atoms with Gasteiger partial charge in [-0.1, -0.05) is 6.07 Å². The van der Waals surface area contributed by atoms with Gasteiger partial charge in [0.1, 0.15) is 0 Å². The molecule has 1 aromatic rings. The van der Waals surface area contributed by atoms with Crippen molar-refractivity contribution in [3.8, 4) is 0 Å². The fourth-order valence-electron chi connectivity index (χ4n) is 2.92. The fourth-order valence-corrected chi connectivity index (χ4v) is 2.92. The van der Waals surface area contributed by atoms with E-state index in [0.717, 1.165) is 11.3 Å². The van der Waals surface area contributed by atoms with Crippen molar-refractivity contribution in [3.05, 3.63) is 28.8 Å². The first-order valence-corrected chi connectivity index (χ1v) is 7.10. The maximum atomic E-state index is 12.1. The lowest BCUT2D eigenvalue weighted by Crippen LogP contribution is -2.38. The second-order valence-electron chi connectivity index (χ2n) is 5.43. The van der Waals surface area contributed by atoms with Crippen LogP contribution in [-0.2, 0) is 11.2 Å². The molecule has 2 N–H and O–H groups in total. The number of ether oxygens (including phenoxy) is 1. The number of hydrogen-bond donors (Lipinski definition) is 2. The van der Waals surface area contributed by atoms with E-state index >= 15 is 0 Å². The van der Waals surface area contributed by atoms with E-state index in [1.165, 1.54) is 0 Å². The molecule has 0 bridgehead atoms. The summed E-state index contributed by atoms with van der Waals surface area (Å²) >= 11 is 0. The van der Waals surface area contributed by atoms with E-state index in [4.69, 9.17) is 4.74 Å². The van der Waals surface area contributed by atoms with Gasteiger partial charge in [-0.25, -0.2) is 0 Å². The third kappa shape index (κ3) is 2.52. The largest absolute Gasteiger partial charge is 0.393 e. The summed E-state index contributed by atoms with van der Waals surface area (Å²) in [6.45, 7) is 4.23. The SMILES string of the molecule is CC(O)Cc1ccc2c(c1N1CCOCC1)C(=O)NC2=O. The molecule has 1 aromatic carbocycles. The first kappa shape index (κ1) is 14.0. The zero-order valence-corrected chi connectivity index (χ0v) is 11.9. The average Bonchev–Trinajstić information content (AvgIpc) is 2.74. The zero-order chi connectivity index (χ0) is 15.0. The lowest BCUT2D eigenvalue weighted by Gasteiger charge is -2.32. The number of carbonyl (C=O) groups is 2. The van der Waals surface area contributed by atoms with Gasteiger partial charge in [-0.2, -0.15) is 0 Å². The van der Waals surface area contributed by atoms with Crippen molar-refractivity contribution < 1.29 is 19.4 Å². The summed E-state index contributed by atoms with van der Waals surface area (Å²) in [7, 11) is 0. The van der Waals surface area contributed by atoms with Gasteiger partial charge in [0.15, 0.2) is 0 Å². The van der Waals surface area contributed by atoms with Gasteiger partial charge in [0, 0.05) is 19.5 Å². The Labute approximate surface area is 122 Å². The normalized spacial score (nSPS) is 19.4. The topological polar surface area (TPSA) is 78.9 Å². The van der Waals surface area contributed by atoms with E-state index in [-0.39, 0.29) is 11.8 Å². The molecule has 1 atom stereocenters. The minimum atomic E-state index is -0.511. The van der Waals surface area contributed by atoms with Gasteiger partial charge in [0.05, 0.1) is 36.1 Å². The number of nitrogens with zero attached hydrogens (tertiary/aromatic N) is 1. The van der Waals surface area contributed by atoms with Crippen molar-refractivity contribution in [2.75, 3.05) is 31.2 Å². The molecule has 2 aliphatic heterocycles. The molecule has 0 radical (unpaired) electrons. The zero-order valence-electron chi connectivity index (χ0n) is 11.9. The molecule has 2 aliphatic rings. The maximum absolute atomic E-state index is 12.1. The van der Waals surface area contributed by atoms with Crippen molar-refractivity contribution in [2.45, 2.75) is 19.4 Å². The standard InChI is InChI=1S/C15H18N2O4/c1-9(18)8-10-2-3-11-12(15(20)16-14(11)19)13(10)17-4-6-21-7-5-17/h2-3,9,18H,4-8H2,1H3,(H,16,19,20). The third-order valence-corrected chi connectivity index (χ3v) is 3.80. The molecule has 0 aromatic heterocycles. The number of aliphatic hydroxyl groups is 1. The third-order valence-electron chi connectivity index (χ3n) is 3.80. The Morgan fingerprint density at radius 1 is 1.29 bits per heavy atom. The molecule has 0 spiro atoms.